The predicted octanol–water partition coefficient (Wildman–Crippen LogP) is 4.81. The van der Waals surface area contributed by atoms with E-state index in [-0.39, 0.29) is 17.5 Å². The van der Waals surface area contributed by atoms with Gasteiger partial charge in [-0.05, 0) is 36.8 Å². The average molecular weight is 461 g/mol. The van der Waals surface area contributed by atoms with Crippen LogP contribution in [0, 0.1) is 5.82 Å². The normalized spacial score (nSPS) is 11.7. The van der Waals surface area contributed by atoms with E-state index >= 15 is 0 Å². The van der Waals surface area contributed by atoms with E-state index in [1.165, 1.54) is 23.9 Å². The molecule has 0 fully saturated rings. The summed E-state index contributed by atoms with van der Waals surface area (Å²) in [7, 11) is 0. The van der Waals surface area contributed by atoms with Crippen molar-refractivity contribution in [2.75, 3.05) is 5.75 Å². The molecule has 0 aliphatic rings. The molecule has 6 nitrogen and oxygen atoms in total. The van der Waals surface area contributed by atoms with E-state index in [1.807, 2.05) is 23.6 Å². The van der Waals surface area contributed by atoms with E-state index in [2.05, 4.69) is 22.1 Å². The van der Waals surface area contributed by atoms with Crippen LogP contribution in [-0.2, 0) is 17.9 Å². The summed E-state index contributed by atoms with van der Waals surface area (Å²) in [5.41, 5.74) is 0.822. The van der Waals surface area contributed by atoms with Gasteiger partial charge in [0, 0.05) is 13.1 Å². The number of carbonyl (C=O) groups excluding carboxylic acids is 1. The third-order valence-electron chi connectivity index (χ3n) is 4.30. The van der Waals surface area contributed by atoms with Gasteiger partial charge in [-0.25, -0.2) is 4.39 Å². The summed E-state index contributed by atoms with van der Waals surface area (Å²) in [6, 6.07) is 13.2. The molecule has 3 rings (SSSR count). The van der Waals surface area contributed by atoms with Crippen molar-refractivity contribution in [1.29, 1.82) is 0 Å². The Labute approximate surface area is 189 Å². The Hall–Kier alpha value is -2.84. The number of aromatic nitrogens is 3. The molecule has 1 amide bonds. The number of nitrogens with zero attached hydrogens (tertiary/aromatic N) is 3. The first kappa shape index (κ1) is 22.8. The maximum atomic E-state index is 13.0. The highest BCUT2D eigenvalue weighted by Crippen LogP contribution is 2.29. The standard InChI is InChI=1S/C22H22ClFN4O2S/c1-3-12-28-21(15(2)30-19-7-5-4-6-18(19)23)26-27-22(28)31-14-20(29)25-13-16-8-10-17(24)11-9-16/h3-11,15H,1,12-14H2,2H3,(H,25,29). The Bertz CT molecular complexity index is 1040. The molecule has 0 bridgehead atoms. The van der Waals surface area contributed by atoms with Crippen LogP contribution in [0.25, 0.3) is 0 Å². The van der Waals surface area contributed by atoms with Gasteiger partial charge in [0.1, 0.15) is 11.6 Å². The first-order valence-corrected chi connectivity index (χ1v) is 10.9. The molecule has 1 aromatic heterocycles. The lowest BCUT2D eigenvalue weighted by molar-refractivity contribution is -0.118. The molecular weight excluding hydrogens is 439 g/mol. The molecule has 0 saturated carbocycles. The minimum atomic E-state index is -0.408. The van der Waals surface area contributed by atoms with Crippen LogP contribution >= 0.6 is 23.4 Å². The van der Waals surface area contributed by atoms with Crippen LogP contribution in [0.5, 0.6) is 5.75 Å². The molecule has 0 aliphatic carbocycles. The highest BCUT2D eigenvalue weighted by Gasteiger charge is 2.20. The zero-order chi connectivity index (χ0) is 22.2. The number of thioether (sulfide) groups is 1. The second-order valence-corrected chi connectivity index (χ2v) is 7.97. The van der Waals surface area contributed by atoms with Crippen LogP contribution in [-0.4, -0.2) is 26.4 Å². The van der Waals surface area contributed by atoms with Crippen molar-refractivity contribution in [3.8, 4) is 5.75 Å². The number of hydrogen-bond acceptors (Lipinski definition) is 5. The second kappa shape index (κ2) is 11.0. The maximum absolute atomic E-state index is 13.0. The number of halogens is 2. The SMILES string of the molecule is C=CCn1c(SCC(=O)NCc2ccc(F)cc2)nnc1C(C)Oc1ccccc1Cl. The Morgan fingerprint density at radius 2 is 2.03 bits per heavy atom. The lowest BCUT2D eigenvalue weighted by atomic mass is 10.2. The lowest BCUT2D eigenvalue weighted by Crippen LogP contribution is -2.24. The Morgan fingerprint density at radius 3 is 2.74 bits per heavy atom. The van der Waals surface area contributed by atoms with Gasteiger partial charge in [0.05, 0.1) is 10.8 Å². The summed E-state index contributed by atoms with van der Waals surface area (Å²) in [5, 5.41) is 12.4. The zero-order valence-corrected chi connectivity index (χ0v) is 18.5. The summed E-state index contributed by atoms with van der Waals surface area (Å²) in [5.74, 6) is 0.851. The van der Waals surface area contributed by atoms with Crippen molar-refractivity contribution < 1.29 is 13.9 Å². The van der Waals surface area contributed by atoms with Gasteiger partial charge in [-0.3, -0.25) is 9.36 Å². The van der Waals surface area contributed by atoms with E-state index in [9.17, 15) is 9.18 Å². The molecular formula is C22H22ClFN4O2S. The minimum absolute atomic E-state index is 0.163. The molecule has 162 valence electrons. The van der Waals surface area contributed by atoms with Crippen LogP contribution in [0.3, 0.4) is 0 Å². The summed E-state index contributed by atoms with van der Waals surface area (Å²) >= 11 is 7.45. The molecule has 0 radical (unpaired) electrons. The van der Waals surface area contributed by atoms with E-state index in [1.54, 1.807) is 30.3 Å². The van der Waals surface area contributed by atoms with Gasteiger partial charge < -0.3 is 10.1 Å². The van der Waals surface area contributed by atoms with Crippen molar-refractivity contribution in [3.05, 3.63) is 83.4 Å². The number of ether oxygens (including phenoxy) is 1. The van der Waals surface area contributed by atoms with Crippen LogP contribution in [0.15, 0.2) is 66.3 Å². The van der Waals surface area contributed by atoms with Crippen molar-refractivity contribution in [1.82, 2.24) is 20.1 Å². The molecule has 0 aliphatic heterocycles. The monoisotopic (exact) mass is 460 g/mol. The van der Waals surface area contributed by atoms with Gasteiger partial charge in [0.25, 0.3) is 0 Å². The van der Waals surface area contributed by atoms with Gasteiger partial charge in [0.2, 0.25) is 5.91 Å². The average Bonchev–Trinajstić information content (AvgIpc) is 3.16. The smallest absolute Gasteiger partial charge is 0.230 e. The van der Waals surface area contributed by atoms with Crippen molar-refractivity contribution in [3.63, 3.8) is 0 Å². The number of allylic oxidation sites excluding steroid dienone is 1. The summed E-state index contributed by atoms with van der Waals surface area (Å²) in [6.07, 6.45) is 1.32. The van der Waals surface area contributed by atoms with Crippen LogP contribution in [0.1, 0.15) is 24.4 Å². The molecule has 9 heteroatoms. The fourth-order valence-corrected chi connectivity index (χ4v) is 3.74. The van der Waals surface area contributed by atoms with Gasteiger partial charge in [0.15, 0.2) is 17.1 Å². The molecule has 1 heterocycles. The minimum Gasteiger partial charge on any atom is -0.481 e. The topological polar surface area (TPSA) is 69.0 Å². The number of rotatable bonds is 10. The van der Waals surface area contributed by atoms with E-state index in [0.717, 1.165) is 5.56 Å². The van der Waals surface area contributed by atoms with E-state index < -0.39 is 6.10 Å². The van der Waals surface area contributed by atoms with Crippen LogP contribution in [0.2, 0.25) is 5.02 Å². The van der Waals surface area contributed by atoms with E-state index in [0.29, 0.717) is 34.8 Å². The largest absolute Gasteiger partial charge is 0.481 e. The Balaban J connectivity index is 1.61. The quantitative estimate of drug-likeness (QED) is 0.347. The first-order valence-electron chi connectivity index (χ1n) is 9.57. The summed E-state index contributed by atoms with van der Waals surface area (Å²) in [4.78, 5) is 12.2. The first-order chi connectivity index (χ1) is 15.0. The molecule has 31 heavy (non-hydrogen) atoms. The number of amides is 1. The molecule has 0 saturated heterocycles. The van der Waals surface area contributed by atoms with Crippen molar-refractivity contribution >= 4 is 29.3 Å². The highest BCUT2D eigenvalue weighted by molar-refractivity contribution is 7.99. The van der Waals surface area contributed by atoms with Crippen molar-refractivity contribution in [2.24, 2.45) is 0 Å². The number of para-hydroxylation sites is 1. The predicted molar refractivity (Wildman–Crippen MR) is 120 cm³/mol. The molecule has 1 atom stereocenters. The third kappa shape index (κ3) is 6.32. The van der Waals surface area contributed by atoms with Gasteiger partial charge in [-0.2, -0.15) is 0 Å². The molecule has 2 aromatic carbocycles. The molecule has 1 unspecified atom stereocenters. The highest BCUT2D eigenvalue weighted by atomic mass is 35.5. The van der Waals surface area contributed by atoms with Crippen molar-refractivity contribution in [2.45, 2.75) is 31.3 Å². The van der Waals surface area contributed by atoms with Crippen LogP contribution < -0.4 is 10.1 Å². The van der Waals surface area contributed by atoms with Gasteiger partial charge in [-0.1, -0.05) is 53.7 Å². The van der Waals surface area contributed by atoms with Crippen LogP contribution in [0.4, 0.5) is 4.39 Å². The number of hydrogen-bond donors (Lipinski definition) is 1. The molecule has 3 aromatic rings. The maximum Gasteiger partial charge on any atom is 0.230 e. The number of carbonyl (C=O) groups is 1. The zero-order valence-electron chi connectivity index (χ0n) is 16.9. The lowest BCUT2D eigenvalue weighted by Gasteiger charge is -2.16. The molecule has 0 spiro atoms. The number of nitrogens with one attached hydrogen (secondary N) is 1. The van der Waals surface area contributed by atoms with Gasteiger partial charge >= 0.3 is 0 Å². The Morgan fingerprint density at radius 1 is 1.29 bits per heavy atom. The van der Waals surface area contributed by atoms with Gasteiger partial charge in [-0.15, -0.1) is 16.8 Å². The summed E-state index contributed by atoms with van der Waals surface area (Å²) < 4.78 is 20.8. The Kier molecular flexibility index (Phi) is 8.08. The van der Waals surface area contributed by atoms with E-state index in [4.69, 9.17) is 16.3 Å². The fourth-order valence-electron chi connectivity index (χ4n) is 2.78. The summed E-state index contributed by atoms with van der Waals surface area (Å²) in [6.45, 7) is 6.44. The third-order valence-corrected chi connectivity index (χ3v) is 5.58. The number of benzene rings is 2. The molecule has 1 N–H and O–H groups in total. The fraction of sp³-hybridized carbons (Fsp3) is 0.227. The second-order valence-electron chi connectivity index (χ2n) is 6.62.